The van der Waals surface area contributed by atoms with Crippen LogP contribution in [0.15, 0.2) is 59.3 Å². The summed E-state index contributed by atoms with van der Waals surface area (Å²) in [6.07, 6.45) is 0. The van der Waals surface area contributed by atoms with E-state index in [4.69, 9.17) is 0 Å². The largest absolute Gasteiger partial charge is 0.324 e. The molecule has 0 aliphatic heterocycles. The van der Waals surface area contributed by atoms with Crippen LogP contribution < -0.4 is 0 Å². The van der Waals surface area contributed by atoms with Gasteiger partial charge in [-0.2, -0.15) is 0 Å². The molecule has 0 spiro atoms. The van der Waals surface area contributed by atoms with Gasteiger partial charge in [0.05, 0.1) is 9.85 Å². The Morgan fingerprint density at radius 2 is 1.07 bits per heavy atom. The molecule has 4 heterocycles. The second-order valence-corrected chi connectivity index (χ2v) is 9.51. The van der Waals surface area contributed by atoms with Crippen molar-refractivity contribution in [2.75, 3.05) is 0 Å². The van der Waals surface area contributed by atoms with Crippen LogP contribution in [-0.4, -0.2) is 9.85 Å². The molecule has 0 saturated carbocycles. The zero-order valence-corrected chi connectivity index (χ0v) is 17.2. The predicted octanol–water partition coefficient (Wildman–Crippen LogP) is 6.76. The SMILES string of the molecule is O=[N+]([O-])c1ccc(/C(=C(/c2cccs2)c2ccc([N+](=O)[O-])s2)c2cccs2)s1. The normalized spacial score (nSPS) is 12.0. The fraction of sp³-hybridized carbons (Fsp3) is 0. The minimum atomic E-state index is -0.402. The summed E-state index contributed by atoms with van der Waals surface area (Å²) in [5.41, 5.74) is 1.71. The highest BCUT2D eigenvalue weighted by molar-refractivity contribution is 7.19. The first-order valence-corrected chi connectivity index (χ1v) is 11.2. The predicted molar refractivity (Wildman–Crippen MR) is 116 cm³/mol. The summed E-state index contributed by atoms with van der Waals surface area (Å²) in [4.78, 5) is 25.0. The first-order chi connectivity index (χ1) is 13.5. The van der Waals surface area contributed by atoms with Crippen LogP contribution in [0.25, 0.3) is 11.1 Å². The second-order valence-electron chi connectivity index (χ2n) is 5.49. The maximum atomic E-state index is 11.2. The number of hydrogen-bond donors (Lipinski definition) is 0. The van der Waals surface area contributed by atoms with Crippen molar-refractivity contribution in [1.29, 1.82) is 0 Å². The van der Waals surface area contributed by atoms with Crippen molar-refractivity contribution in [3.8, 4) is 0 Å². The molecule has 0 radical (unpaired) electrons. The molecule has 0 amide bonds. The van der Waals surface area contributed by atoms with E-state index in [9.17, 15) is 20.2 Å². The van der Waals surface area contributed by atoms with E-state index >= 15 is 0 Å². The zero-order chi connectivity index (χ0) is 19.7. The summed E-state index contributed by atoms with van der Waals surface area (Å²) in [6, 6.07) is 14.2. The van der Waals surface area contributed by atoms with Crippen LogP contribution >= 0.6 is 45.3 Å². The average Bonchev–Trinajstić information content (AvgIpc) is 3.48. The summed E-state index contributed by atoms with van der Waals surface area (Å²) in [6.45, 7) is 0. The number of hydrogen-bond acceptors (Lipinski definition) is 8. The van der Waals surface area contributed by atoms with E-state index in [1.807, 2.05) is 35.0 Å². The Hall–Kier alpha value is -2.66. The first kappa shape index (κ1) is 18.7. The zero-order valence-electron chi connectivity index (χ0n) is 13.9. The number of nitrogens with zero attached hydrogens (tertiary/aromatic N) is 2. The molecule has 10 heteroatoms. The molecular weight excluding hydrogens is 436 g/mol. The van der Waals surface area contributed by atoms with Crippen molar-refractivity contribution in [1.82, 2.24) is 0 Å². The monoisotopic (exact) mass is 446 g/mol. The molecule has 4 aromatic rings. The average molecular weight is 447 g/mol. The Balaban J connectivity index is 2.02. The van der Waals surface area contributed by atoms with Gasteiger partial charge in [0, 0.05) is 42.8 Å². The van der Waals surface area contributed by atoms with Crippen LogP contribution in [0.1, 0.15) is 19.5 Å². The van der Waals surface area contributed by atoms with Gasteiger partial charge in [-0.25, -0.2) is 0 Å². The standard InChI is InChI=1S/C18H10N2O4S4/c21-19(22)15-7-5-13(27-15)17(11-3-1-9-25-11)18(12-4-2-10-26-12)14-6-8-16(28-14)20(23)24/h1-10H/b18-17-. The minimum absolute atomic E-state index is 0.0618. The molecule has 0 bridgehead atoms. The molecule has 6 nitrogen and oxygen atoms in total. The maximum Gasteiger partial charge on any atom is 0.324 e. The van der Waals surface area contributed by atoms with E-state index in [1.165, 1.54) is 34.8 Å². The van der Waals surface area contributed by atoms with Crippen molar-refractivity contribution < 1.29 is 9.85 Å². The van der Waals surface area contributed by atoms with Gasteiger partial charge in [-0.1, -0.05) is 34.8 Å². The van der Waals surface area contributed by atoms with Gasteiger partial charge in [-0.05, 0) is 35.0 Å². The third-order valence-electron chi connectivity index (χ3n) is 3.82. The highest BCUT2D eigenvalue weighted by atomic mass is 32.1. The summed E-state index contributed by atoms with van der Waals surface area (Å²) >= 11 is 5.27. The molecule has 0 aliphatic rings. The summed E-state index contributed by atoms with van der Waals surface area (Å²) in [5.74, 6) is 0. The third-order valence-corrected chi connectivity index (χ3v) is 7.71. The molecule has 0 N–H and O–H groups in total. The second kappa shape index (κ2) is 7.76. The number of thiophene rings is 4. The lowest BCUT2D eigenvalue weighted by Crippen LogP contribution is -1.90. The van der Waals surface area contributed by atoms with E-state index < -0.39 is 9.85 Å². The van der Waals surface area contributed by atoms with E-state index in [2.05, 4.69) is 0 Å². The van der Waals surface area contributed by atoms with Gasteiger partial charge in [0.1, 0.15) is 0 Å². The lowest BCUT2D eigenvalue weighted by Gasteiger charge is -2.11. The van der Waals surface area contributed by atoms with Crippen LogP contribution in [-0.2, 0) is 0 Å². The molecule has 4 aromatic heterocycles. The van der Waals surface area contributed by atoms with Crippen LogP contribution in [0.4, 0.5) is 10.0 Å². The van der Waals surface area contributed by atoms with E-state index in [1.54, 1.807) is 12.1 Å². The van der Waals surface area contributed by atoms with Gasteiger partial charge in [0.25, 0.3) is 0 Å². The van der Waals surface area contributed by atoms with Crippen molar-refractivity contribution in [2.24, 2.45) is 0 Å². The lowest BCUT2D eigenvalue weighted by molar-refractivity contribution is -0.380. The maximum absolute atomic E-state index is 11.2. The Bertz CT molecular complexity index is 1080. The third kappa shape index (κ3) is 3.54. The molecular formula is C18H10N2O4S4. The molecule has 140 valence electrons. The summed E-state index contributed by atoms with van der Waals surface area (Å²) in [5, 5.41) is 26.4. The smallest absolute Gasteiger partial charge is 0.258 e. The topological polar surface area (TPSA) is 86.3 Å². The Labute approximate surface area is 175 Å². The van der Waals surface area contributed by atoms with Crippen molar-refractivity contribution in [3.63, 3.8) is 0 Å². The highest BCUT2D eigenvalue weighted by Gasteiger charge is 2.23. The highest BCUT2D eigenvalue weighted by Crippen LogP contribution is 2.45. The molecule has 4 rings (SSSR count). The van der Waals surface area contributed by atoms with E-state index in [0.717, 1.165) is 53.3 Å². The first-order valence-electron chi connectivity index (χ1n) is 7.86. The molecule has 0 unspecified atom stereocenters. The van der Waals surface area contributed by atoms with Gasteiger partial charge in [0.15, 0.2) is 0 Å². The Morgan fingerprint density at radius 1 is 0.643 bits per heavy atom. The Kier molecular flexibility index (Phi) is 5.18. The molecule has 0 aromatic carbocycles. The Morgan fingerprint density at radius 3 is 1.36 bits per heavy atom. The summed E-state index contributed by atoms with van der Waals surface area (Å²) in [7, 11) is 0. The molecule has 0 aliphatic carbocycles. The minimum Gasteiger partial charge on any atom is -0.258 e. The van der Waals surface area contributed by atoms with Crippen LogP contribution in [0.2, 0.25) is 0 Å². The fourth-order valence-electron chi connectivity index (χ4n) is 2.70. The van der Waals surface area contributed by atoms with Gasteiger partial charge in [-0.3, -0.25) is 20.2 Å². The molecule has 0 atom stereocenters. The van der Waals surface area contributed by atoms with Crippen molar-refractivity contribution in [3.05, 3.63) is 99.0 Å². The quantitative estimate of drug-likeness (QED) is 0.242. The molecule has 28 heavy (non-hydrogen) atoms. The van der Waals surface area contributed by atoms with Gasteiger partial charge in [0.2, 0.25) is 0 Å². The number of nitro groups is 2. The van der Waals surface area contributed by atoms with Crippen LogP contribution in [0.3, 0.4) is 0 Å². The van der Waals surface area contributed by atoms with E-state index in [0.29, 0.717) is 0 Å². The summed E-state index contributed by atoms with van der Waals surface area (Å²) < 4.78 is 0. The lowest BCUT2D eigenvalue weighted by atomic mass is 10.0. The molecule has 0 fully saturated rings. The van der Waals surface area contributed by atoms with E-state index in [-0.39, 0.29) is 10.0 Å². The van der Waals surface area contributed by atoms with Crippen LogP contribution in [0, 0.1) is 20.2 Å². The molecule has 0 saturated heterocycles. The van der Waals surface area contributed by atoms with Crippen molar-refractivity contribution >= 4 is 66.5 Å². The van der Waals surface area contributed by atoms with Gasteiger partial charge >= 0.3 is 10.0 Å². The van der Waals surface area contributed by atoms with Gasteiger partial charge < -0.3 is 0 Å². The van der Waals surface area contributed by atoms with Crippen molar-refractivity contribution in [2.45, 2.75) is 0 Å². The van der Waals surface area contributed by atoms with Crippen LogP contribution in [0.5, 0.6) is 0 Å². The number of rotatable bonds is 6. The van der Waals surface area contributed by atoms with Gasteiger partial charge in [-0.15, -0.1) is 22.7 Å². The fourth-order valence-corrected chi connectivity index (χ4v) is 6.18.